The second-order valence-corrected chi connectivity index (χ2v) is 4.86. The lowest BCUT2D eigenvalue weighted by Crippen LogP contribution is -2.01. The fraction of sp³-hybridized carbons (Fsp3) is 0.154. The maximum Gasteiger partial charge on any atom is 0.348 e. The summed E-state index contributed by atoms with van der Waals surface area (Å²) in [5.74, 6) is -0.905. The lowest BCUT2D eigenvalue weighted by Gasteiger charge is -1.99. The monoisotopic (exact) mass is 262 g/mol. The van der Waals surface area contributed by atoms with Crippen LogP contribution in [0, 0.1) is 0 Å². The van der Waals surface area contributed by atoms with Crippen LogP contribution in [-0.4, -0.2) is 17.6 Å². The molecule has 5 heteroatoms. The van der Waals surface area contributed by atoms with E-state index in [1.165, 1.54) is 11.3 Å². The predicted molar refractivity (Wildman–Crippen MR) is 75.3 cm³/mol. The Bertz CT molecular complexity index is 561. The third kappa shape index (κ3) is 2.46. The molecule has 0 spiro atoms. The van der Waals surface area contributed by atoms with Crippen molar-refractivity contribution in [2.75, 3.05) is 17.6 Å². The van der Waals surface area contributed by atoms with Crippen molar-refractivity contribution in [3.05, 3.63) is 35.2 Å². The van der Waals surface area contributed by atoms with Crippen molar-refractivity contribution in [3.63, 3.8) is 0 Å². The van der Waals surface area contributed by atoms with E-state index >= 15 is 0 Å². The van der Waals surface area contributed by atoms with E-state index in [2.05, 4.69) is 5.32 Å². The third-order valence-corrected chi connectivity index (χ3v) is 3.66. The predicted octanol–water partition coefficient (Wildman–Crippen LogP) is 3.13. The molecule has 1 aromatic heterocycles. The molecular weight excluding hydrogens is 248 g/mol. The molecule has 0 fully saturated rings. The number of benzene rings is 1. The summed E-state index contributed by atoms with van der Waals surface area (Å²) in [5, 5.41) is 12.2. The molecular formula is C13H14N2O2S. The minimum Gasteiger partial charge on any atom is -0.477 e. The average molecular weight is 262 g/mol. The van der Waals surface area contributed by atoms with Crippen LogP contribution >= 0.6 is 11.3 Å². The van der Waals surface area contributed by atoms with Gasteiger partial charge in [0, 0.05) is 17.1 Å². The molecule has 0 atom stereocenters. The largest absolute Gasteiger partial charge is 0.477 e. The summed E-state index contributed by atoms with van der Waals surface area (Å²) in [7, 11) is 0. The van der Waals surface area contributed by atoms with Crippen molar-refractivity contribution >= 4 is 28.7 Å². The first-order valence-corrected chi connectivity index (χ1v) is 6.40. The quantitative estimate of drug-likeness (QED) is 0.740. The summed E-state index contributed by atoms with van der Waals surface area (Å²) in [4.78, 5) is 12.4. The highest BCUT2D eigenvalue weighted by Crippen LogP contribution is 2.35. The Balaban J connectivity index is 2.42. The number of nitrogens with two attached hydrogens (primary N) is 1. The zero-order valence-electron chi connectivity index (χ0n) is 9.93. The van der Waals surface area contributed by atoms with E-state index in [0.717, 1.165) is 10.4 Å². The van der Waals surface area contributed by atoms with E-state index in [-0.39, 0.29) is 0 Å². The number of aromatic carboxylic acids is 1. The van der Waals surface area contributed by atoms with Gasteiger partial charge in [0.05, 0.1) is 5.69 Å². The molecule has 4 N–H and O–H groups in total. The Labute approximate surface area is 109 Å². The van der Waals surface area contributed by atoms with Crippen LogP contribution in [0.3, 0.4) is 0 Å². The highest BCUT2D eigenvalue weighted by molar-refractivity contribution is 7.18. The topological polar surface area (TPSA) is 75.3 Å². The first-order chi connectivity index (χ1) is 8.61. The zero-order chi connectivity index (χ0) is 13.1. The van der Waals surface area contributed by atoms with E-state index in [4.69, 9.17) is 10.8 Å². The minimum atomic E-state index is -0.905. The first kappa shape index (κ1) is 12.4. The van der Waals surface area contributed by atoms with E-state index in [1.54, 1.807) is 0 Å². The van der Waals surface area contributed by atoms with Crippen LogP contribution in [0.15, 0.2) is 30.3 Å². The average Bonchev–Trinajstić information content (AvgIpc) is 2.75. The normalized spacial score (nSPS) is 10.3. The first-order valence-electron chi connectivity index (χ1n) is 5.58. The van der Waals surface area contributed by atoms with Gasteiger partial charge < -0.3 is 16.2 Å². The highest BCUT2D eigenvalue weighted by Gasteiger charge is 2.15. The van der Waals surface area contributed by atoms with Crippen LogP contribution < -0.4 is 11.1 Å². The Kier molecular flexibility index (Phi) is 3.53. The van der Waals surface area contributed by atoms with Gasteiger partial charge >= 0.3 is 5.97 Å². The molecule has 0 aliphatic carbocycles. The number of hydrogen-bond acceptors (Lipinski definition) is 4. The third-order valence-electron chi connectivity index (χ3n) is 2.49. The summed E-state index contributed by atoms with van der Waals surface area (Å²) in [6.45, 7) is 2.63. The lowest BCUT2D eigenvalue weighted by atomic mass is 10.1. The lowest BCUT2D eigenvalue weighted by molar-refractivity contribution is 0.0703. The van der Waals surface area contributed by atoms with Crippen molar-refractivity contribution in [2.24, 2.45) is 0 Å². The molecule has 2 rings (SSSR count). The Morgan fingerprint density at radius 1 is 1.39 bits per heavy atom. The SMILES string of the molecule is CCNc1cc(-c2ccc(N)cc2)sc1C(=O)O. The van der Waals surface area contributed by atoms with Gasteiger partial charge in [0.1, 0.15) is 4.88 Å². The maximum absolute atomic E-state index is 11.1. The van der Waals surface area contributed by atoms with Crippen molar-refractivity contribution in [3.8, 4) is 10.4 Å². The number of anilines is 2. The second-order valence-electron chi connectivity index (χ2n) is 3.81. The van der Waals surface area contributed by atoms with Crippen LogP contribution in [0.5, 0.6) is 0 Å². The molecule has 2 aromatic rings. The number of carboxylic acids is 1. The number of thiophene rings is 1. The van der Waals surface area contributed by atoms with Crippen LogP contribution in [-0.2, 0) is 0 Å². The Morgan fingerprint density at radius 2 is 2.06 bits per heavy atom. The second kappa shape index (κ2) is 5.10. The van der Waals surface area contributed by atoms with Crippen LogP contribution in [0.25, 0.3) is 10.4 Å². The number of nitrogens with one attached hydrogen (secondary N) is 1. The summed E-state index contributed by atoms with van der Waals surface area (Å²) < 4.78 is 0. The number of hydrogen-bond donors (Lipinski definition) is 3. The molecule has 0 saturated heterocycles. The fourth-order valence-electron chi connectivity index (χ4n) is 1.66. The number of rotatable bonds is 4. The highest BCUT2D eigenvalue weighted by atomic mass is 32.1. The molecule has 0 aliphatic rings. The molecule has 0 bridgehead atoms. The van der Waals surface area contributed by atoms with Gasteiger partial charge in [-0.1, -0.05) is 12.1 Å². The van der Waals surface area contributed by atoms with E-state index in [9.17, 15) is 4.79 Å². The van der Waals surface area contributed by atoms with Gasteiger partial charge in [-0.3, -0.25) is 0 Å². The van der Waals surface area contributed by atoms with E-state index in [1.807, 2.05) is 37.3 Å². The van der Waals surface area contributed by atoms with Gasteiger partial charge in [-0.05, 0) is 30.7 Å². The van der Waals surface area contributed by atoms with Crippen molar-refractivity contribution in [1.29, 1.82) is 0 Å². The maximum atomic E-state index is 11.1. The standard InChI is InChI=1S/C13H14N2O2S/c1-2-15-10-7-11(18-12(10)13(16)17)8-3-5-9(14)6-4-8/h3-7,15H,2,14H2,1H3,(H,16,17). The fourth-order valence-corrected chi connectivity index (χ4v) is 2.64. The molecule has 0 saturated carbocycles. The molecule has 0 radical (unpaired) electrons. The van der Waals surface area contributed by atoms with Crippen LogP contribution in [0.2, 0.25) is 0 Å². The molecule has 94 valence electrons. The summed E-state index contributed by atoms with van der Waals surface area (Å²) in [6, 6.07) is 9.26. The number of carboxylic acid groups (broad SMARTS) is 1. The molecule has 0 amide bonds. The minimum absolute atomic E-state index is 0.337. The van der Waals surface area contributed by atoms with Gasteiger partial charge in [0.2, 0.25) is 0 Å². The zero-order valence-corrected chi connectivity index (χ0v) is 10.8. The van der Waals surface area contributed by atoms with Gasteiger partial charge in [0.25, 0.3) is 0 Å². The van der Waals surface area contributed by atoms with Crippen molar-refractivity contribution in [1.82, 2.24) is 0 Å². The molecule has 1 aromatic carbocycles. The molecule has 4 nitrogen and oxygen atoms in total. The molecule has 0 aliphatic heterocycles. The summed E-state index contributed by atoms with van der Waals surface area (Å²) >= 11 is 1.26. The van der Waals surface area contributed by atoms with Crippen molar-refractivity contribution in [2.45, 2.75) is 6.92 Å². The Morgan fingerprint density at radius 3 is 2.61 bits per heavy atom. The number of nitrogen functional groups attached to an aromatic ring is 1. The van der Waals surface area contributed by atoms with Gasteiger partial charge in [-0.15, -0.1) is 11.3 Å². The Hall–Kier alpha value is -2.01. The van der Waals surface area contributed by atoms with Gasteiger partial charge in [0.15, 0.2) is 0 Å². The molecule has 1 heterocycles. The van der Waals surface area contributed by atoms with Gasteiger partial charge in [-0.25, -0.2) is 4.79 Å². The summed E-state index contributed by atoms with van der Waals surface area (Å²) in [5.41, 5.74) is 7.97. The molecule has 18 heavy (non-hydrogen) atoms. The summed E-state index contributed by atoms with van der Waals surface area (Å²) in [6.07, 6.45) is 0. The van der Waals surface area contributed by atoms with Crippen LogP contribution in [0.1, 0.15) is 16.6 Å². The van der Waals surface area contributed by atoms with E-state index in [0.29, 0.717) is 22.8 Å². The van der Waals surface area contributed by atoms with E-state index < -0.39 is 5.97 Å². The smallest absolute Gasteiger partial charge is 0.348 e. The van der Waals surface area contributed by atoms with Crippen molar-refractivity contribution < 1.29 is 9.90 Å². The number of carbonyl (C=O) groups is 1. The molecule has 0 unspecified atom stereocenters. The van der Waals surface area contributed by atoms with Crippen LogP contribution in [0.4, 0.5) is 11.4 Å². The van der Waals surface area contributed by atoms with Gasteiger partial charge in [-0.2, -0.15) is 0 Å².